The van der Waals surface area contributed by atoms with E-state index in [1.165, 1.54) is 7.05 Å². The van der Waals surface area contributed by atoms with Crippen molar-refractivity contribution in [3.63, 3.8) is 0 Å². The molecule has 3 amide bonds. The number of hydrogen-bond acceptors (Lipinski definition) is 4. The number of carbonyl (C=O) groups is 2. The van der Waals surface area contributed by atoms with Crippen molar-refractivity contribution in [2.75, 3.05) is 20.1 Å². The third-order valence-corrected chi connectivity index (χ3v) is 2.88. The van der Waals surface area contributed by atoms with Gasteiger partial charge in [-0.25, -0.2) is 4.79 Å². The Kier molecular flexibility index (Phi) is 7.10. The second-order valence-corrected chi connectivity index (χ2v) is 4.14. The van der Waals surface area contributed by atoms with Gasteiger partial charge in [0.25, 0.3) is 0 Å². The summed E-state index contributed by atoms with van der Waals surface area (Å²) in [5.74, 6) is -0.284. The van der Waals surface area contributed by atoms with Gasteiger partial charge in [-0.2, -0.15) is 0 Å². The third kappa shape index (κ3) is 4.89. The van der Waals surface area contributed by atoms with E-state index in [9.17, 15) is 9.59 Å². The van der Waals surface area contributed by atoms with Gasteiger partial charge in [-0.3, -0.25) is 15.0 Å². The van der Waals surface area contributed by atoms with E-state index < -0.39 is 6.03 Å². The van der Waals surface area contributed by atoms with Crippen molar-refractivity contribution in [2.24, 2.45) is 5.73 Å². The quantitative estimate of drug-likeness (QED) is 0.638. The molecule has 4 N–H and O–H groups in total. The molecule has 7 heteroatoms. The number of carbonyl (C=O) groups excluding carboxylic acids is 2. The van der Waals surface area contributed by atoms with E-state index in [1.807, 2.05) is 4.90 Å². The lowest BCUT2D eigenvalue weighted by Crippen LogP contribution is -2.53. The summed E-state index contributed by atoms with van der Waals surface area (Å²) < 4.78 is 0. The van der Waals surface area contributed by atoms with Crippen LogP contribution in [-0.4, -0.2) is 49.1 Å². The average Bonchev–Trinajstić information content (AvgIpc) is 2.27. The van der Waals surface area contributed by atoms with Gasteiger partial charge in [0.1, 0.15) is 0 Å². The molecule has 2 atom stereocenters. The Morgan fingerprint density at radius 1 is 1.47 bits per heavy atom. The first-order chi connectivity index (χ1) is 7.54. The van der Waals surface area contributed by atoms with Gasteiger partial charge in [-0.05, 0) is 26.3 Å². The van der Waals surface area contributed by atoms with Crippen LogP contribution < -0.4 is 16.4 Å². The van der Waals surface area contributed by atoms with Crippen LogP contribution in [0.15, 0.2) is 0 Å². The van der Waals surface area contributed by atoms with Crippen LogP contribution in [0.2, 0.25) is 0 Å². The number of likely N-dealkylation sites (tertiary alicyclic amines) is 1. The Morgan fingerprint density at radius 2 is 2.12 bits per heavy atom. The van der Waals surface area contributed by atoms with E-state index in [1.54, 1.807) is 6.92 Å². The van der Waals surface area contributed by atoms with Crippen molar-refractivity contribution < 1.29 is 9.59 Å². The molecular formula is C10H21ClN4O2. The highest BCUT2D eigenvalue weighted by molar-refractivity contribution is 5.96. The summed E-state index contributed by atoms with van der Waals surface area (Å²) in [4.78, 5) is 24.7. The molecule has 0 radical (unpaired) electrons. The molecule has 1 aliphatic heterocycles. The number of hydrogen-bond donors (Lipinski definition) is 3. The molecule has 1 fully saturated rings. The summed E-state index contributed by atoms with van der Waals surface area (Å²) in [6.45, 7) is 3.36. The minimum absolute atomic E-state index is 0. The topological polar surface area (TPSA) is 87.5 Å². The minimum atomic E-state index is -0.474. The van der Waals surface area contributed by atoms with Crippen molar-refractivity contribution in [1.29, 1.82) is 0 Å². The predicted molar refractivity (Wildman–Crippen MR) is 68.1 cm³/mol. The maximum atomic E-state index is 11.7. The van der Waals surface area contributed by atoms with Crippen LogP contribution in [0, 0.1) is 0 Å². The Balaban J connectivity index is 0.00000256. The van der Waals surface area contributed by atoms with Crippen LogP contribution in [0.4, 0.5) is 4.79 Å². The zero-order valence-electron chi connectivity index (χ0n) is 10.2. The third-order valence-electron chi connectivity index (χ3n) is 2.88. The van der Waals surface area contributed by atoms with Gasteiger partial charge in [0.15, 0.2) is 0 Å². The second-order valence-electron chi connectivity index (χ2n) is 4.14. The first-order valence-electron chi connectivity index (χ1n) is 5.56. The molecule has 0 aromatic rings. The molecule has 0 bridgehead atoms. The van der Waals surface area contributed by atoms with E-state index >= 15 is 0 Å². The maximum Gasteiger partial charge on any atom is 0.321 e. The Labute approximate surface area is 108 Å². The molecule has 17 heavy (non-hydrogen) atoms. The molecule has 0 aromatic carbocycles. The predicted octanol–water partition coefficient (Wildman–Crippen LogP) is -0.325. The lowest BCUT2D eigenvalue weighted by molar-refractivity contribution is -0.125. The van der Waals surface area contributed by atoms with Crippen molar-refractivity contribution in [1.82, 2.24) is 15.5 Å². The fourth-order valence-electron chi connectivity index (χ4n) is 1.84. The van der Waals surface area contributed by atoms with Crippen molar-refractivity contribution >= 4 is 24.3 Å². The van der Waals surface area contributed by atoms with E-state index in [-0.39, 0.29) is 30.4 Å². The van der Waals surface area contributed by atoms with Gasteiger partial charge < -0.3 is 11.1 Å². The van der Waals surface area contributed by atoms with Crippen LogP contribution in [0.25, 0.3) is 0 Å². The molecule has 0 aromatic heterocycles. The fourth-order valence-corrected chi connectivity index (χ4v) is 1.84. The van der Waals surface area contributed by atoms with Gasteiger partial charge in [0.05, 0.1) is 6.04 Å². The normalized spacial score (nSPS) is 22.2. The summed E-state index contributed by atoms with van der Waals surface area (Å²) in [5.41, 5.74) is 5.84. The minimum Gasteiger partial charge on any atom is -0.341 e. The highest BCUT2D eigenvalue weighted by Crippen LogP contribution is 2.11. The SMILES string of the molecule is CNC(=O)NC(=O)C(C)N1CCCC(N)C1.Cl. The standard InChI is InChI=1S/C10H20N4O2.ClH/c1-7(9(15)13-10(16)12-2)14-5-3-4-8(11)6-14;/h7-8H,3-6,11H2,1-2H3,(H2,12,13,15,16);1H. The van der Waals surface area contributed by atoms with E-state index in [0.29, 0.717) is 6.54 Å². The van der Waals surface area contributed by atoms with E-state index in [2.05, 4.69) is 10.6 Å². The first-order valence-corrected chi connectivity index (χ1v) is 5.56. The number of urea groups is 1. The molecule has 0 aliphatic carbocycles. The summed E-state index contributed by atoms with van der Waals surface area (Å²) >= 11 is 0. The van der Waals surface area contributed by atoms with Gasteiger partial charge >= 0.3 is 6.03 Å². The Bertz CT molecular complexity index is 275. The highest BCUT2D eigenvalue weighted by atomic mass is 35.5. The number of piperidine rings is 1. The molecule has 1 aliphatic rings. The molecule has 1 heterocycles. The van der Waals surface area contributed by atoms with Crippen molar-refractivity contribution in [3.05, 3.63) is 0 Å². The fraction of sp³-hybridized carbons (Fsp3) is 0.800. The first kappa shape index (κ1) is 16.1. The number of nitrogens with zero attached hydrogens (tertiary/aromatic N) is 1. The zero-order chi connectivity index (χ0) is 12.1. The summed E-state index contributed by atoms with van der Waals surface area (Å²) in [6, 6.07) is -0.661. The Hall–Kier alpha value is -0.850. The van der Waals surface area contributed by atoms with Crippen molar-refractivity contribution in [2.45, 2.75) is 31.8 Å². The highest BCUT2D eigenvalue weighted by Gasteiger charge is 2.26. The van der Waals surface area contributed by atoms with Gasteiger partial charge in [-0.1, -0.05) is 0 Å². The van der Waals surface area contributed by atoms with Crippen LogP contribution in [0.5, 0.6) is 0 Å². The lowest BCUT2D eigenvalue weighted by atomic mass is 10.0. The smallest absolute Gasteiger partial charge is 0.321 e. The summed E-state index contributed by atoms with van der Waals surface area (Å²) in [5, 5.41) is 4.62. The monoisotopic (exact) mass is 264 g/mol. The molecule has 1 rings (SSSR count). The van der Waals surface area contributed by atoms with E-state index in [0.717, 1.165) is 19.4 Å². The van der Waals surface area contributed by atoms with Gasteiger partial charge in [-0.15, -0.1) is 12.4 Å². The van der Waals surface area contributed by atoms with Crippen LogP contribution in [0.1, 0.15) is 19.8 Å². The number of amides is 3. The van der Waals surface area contributed by atoms with Gasteiger partial charge in [0, 0.05) is 19.6 Å². The molecule has 6 nitrogen and oxygen atoms in total. The number of nitrogens with one attached hydrogen (secondary N) is 2. The van der Waals surface area contributed by atoms with E-state index in [4.69, 9.17) is 5.73 Å². The molecule has 0 spiro atoms. The lowest BCUT2D eigenvalue weighted by Gasteiger charge is -2.34. The van der Waals surface area contributed by atoms with Crippen LogP contribution in [-0.2, 0) is 4.79 Å². The Morgan fingerprint density at radius 3 is 2.65 bits per heavy atom. The molecular weight excluding hydrogens is 244 g/mol. The molecule has 1 saturated heterocycles. The van der Waals surface area contributed by atoms with Gasteiger partial charge in [0.2, 0.25) is 5.91 Å². The molecule has 0 saturated carbocycles. The largest absolute Gasteiger partial charge is 0.341 e. The van der Waals surface area contributed by atoms with Crippen LogP contribution in [0.3, 0.4) is 0 Å². The molecule has 100 valence electrons. The summed E-state index contributed by atoms with van der Waals surface area (Å²) in [7, 11) is 1.48. The van der Waals surface area contributed by atoms with Crippen LogP contribution >= 0.6 is 12.4 Å². The number of imide groups is 1. The van der Waals surface area contributed by atoms with Crippen molar-refractivity contribution in [3.8, 4) is 0 Å². The average molecular weight is 265 g/mol. The number of halogens is 1. The maximum absolute atomic E-state index is 11.7. The number of rotatable bonds is 2. The molecule has 2 unspecified atom stereocenters. The second kappa shape index (κ2) is 7.47. The number of nitrogens with two attached hydrogens (primary N) is 1. The zero-order valence-corrected chi connectivity index (χ0v) is 11.0. The summed E-state index contributed by atoms with van der Waals surface area (Å²) in [6.07, 6.45) is 2.00.